The van der Waals surface area contributed by atoms with E-state index >= 15 is 0 Å². The van der Waals surface area contributed by atoms with Gasteiger partial charge in [-0.3, -0.25) is 19.5 Å². The molecule has 1 aliphatic heterocycles. The van der Waals surface area contributed by atoms with Crippen LogP contribution in [0.1, 0.15) is 22.9 Å². The standard InChI is InChI=1S/C27H20N2O3/c1-17-12-14-19(15-13-17)29-24(22-11-4-5-16-28-22)23(26(31)27(29)32)25(30)21-10-6-8-18-7-2-3-9-20(18)21/h2-16,24,30H,1H3/b25-23-. The van der Waals surface area contributed by atoms with Crippen molar-refractivity contribution in [3.63, 3.8) is 0 Å². The zero-order valence-electron chi connectivity index (χ0n) is 17.4. The summed E-state index contributed by atoms with van der Waals surface area (Å²) in [4.78, 5) is 32.3. The molecule has 0 radical (unpaired) electrons. The van der Waals surface area contributed by atoms with Gasteiger partial charge in [-0.25, -0.2) is 0 Å². The van der Waals surface area contributed by atoms with Crippen LogP contribution in [-0.2, 0) is 9.59 Å². The summed E-state index contributed by atoms with van der Waals surface area (Å²) in [6.07, 6.45) is 1.61. The molecule has 1 saturated heterocycles. The third-order valence-electron chi connectivity index (χ3n) is 5.77. The molecule has 156 valence electrons. The summed E-state index contributed by atoms with van der Waals surface area (Å²) in [6, 6.07) is 25.0. The summed E-state index contributed by atoms with van der Waals surface area (Å²) in [5.74, 6) is -1.62. The second-order valence-electron chi connectivity index (χ2n) is 7.79. The molecule has 0 aliphatic carbocycles. The number of anilines is 1. The van der Waals surface area contributed by atoms with E-state index in [4.69, 9.17) is 0 Å². The molecular formula is C27H20N2O3. The van der Waals surface area contributed by atoms with Crippen molar-refractivity contribution in [1.29, 1.82) is 0 Å². The average Bonchev–Trinajstić information content (AvgIpc) is 3.10. The third-order valence-corrected chi connectivity index (χ3v) is 5.77. The van der Waals surface area contributed by atoms with E-state index in [0.717, 1.165) is 16.3 Å². The van der Waals surface area contributed by atoms with E-state index in [2.05, 4.69) is 4.98 Å². The average molecular weight is 420 g/mol. The van der Waals surface area contributed by atoms with Crippen LogP contribution >= 0.6 is 0 Å². The molecule has 5 heteroatoms. The van der Waals surface area contributed by atoms with E-state index in [1.807, 2.05) is 55.5 Å². The summed E-state index contributed by atoms with van der Waals surface area (Å²) in [6.45, 7) is 1.95. The van der Waals surface area contributed by atoms with Crippen LogP contribution in [0.2, 0.25) is 0 Å². The lowest BCUT2D eigenvalue weighted by Crippen LogP contribution is -2.29. The van der Waals surface area contributed by atoms with Gasteiger partial charge in [-0.1, -0.05) is 66.2 Å². The Labute approximate surface area is 185 Å². The number of fused-ring (bicyclic) bond motifs is 1. The number of aliphatic hydroxyl groups excluding tert-OH is 1. The van der Waals surface area contributed by atoms with Crippen LogP contribution < -0.4 is 4.90 Å². The molecule has 0 bridgehead atoms. The number of carbonyl (C=O) groups excluding carboxylic acids is 2. The summed E-state index contributed by atoms with van der Waals surface area (Å²) in [7, 11) is 0. The number of benzene rings is 3. The minimum absolute atomic E-state index is 0.0330. The van der Waals surface area contributed by atoms with Crippen molar-refractivity contribution in [1.82, 2.24) is 4.98 Å². The molecular weight excluding hydrogens is 400 g/mol. The quantitative estimate of drug-likeness (QED) is 0.282. The van der Waals surface area contributed by atoms with Crippen molar-refractivity contribution in [3.05, 3.63) is 114 Å². The van der Waals surface area contributed by atoms with Gasteiger partial charge in [0.05, 0.1) is 11.3 Å². The molecule has 1 atom stereocenters. The van der Waals surface area contributed by atoms with E-state index in [0.29, 0.717) is 16.9 Å². The lowest BCUT2D eigenvalue weighted by Gasteiger charge is -2.24. The van der Waals surface area contributed by atoms with E-state index in [9.17, 15) is 14.7 Å². The zero-order valence-corrected chi connectivity index (χ0v) is 17.4. The molecule has 32 heavy (non-hydrogen) atoms. The lowest BCUT2D eigenvalue weighted by molar-refractivity contribution is -0.132. The number of carbonyl (C=O) groups is 2. The van der Waals surface area contributed by atoms with Gasteiger partial charge in [0.2, 0.25) is 0 Å². The van der Waals surface area contributed by atoms with Crippen molar-refractivity contribution < 1.29 is 14.7 Å². The van der Waals surface area contributed by atoms with Gasteiger partial charge < -0.3 is 5.11 Å². The van der Waals surface area contributed by atoms with E-state index in [1.165, 1.54) is 4.90 Å². The van der Waals surface area contributed by atoms with Crippen LogP contribution in [0.3, 0.4) is 0 Å². The summed E-state index contributed by atoms with van der Waals surface area (Å²) < 4.78 is 0. The fourth-order valence-electron chi connectivity index (χ4n) is 4.20. The Balaban J connectivity index is 1.77. The second-order valence-corrected chi connectivity index (χ2v) is 7.79. The van der Waals surface area contributed by atoms with E-state index in [-0.39, 0.29) is 11.3 Å². The number of nitrogens with zero attached hydrogens (tertiary/aromatic N) is 2. The van der Waals surface area contributed by atoms with Crippen LogP contribution in [0.15, 0.2) is 96.7 Å². The first-order valence-electron chi connectivity index (χ1n) is 10.3. The molecule has 1 aliphatic rings. The Hall–Kier alpha value is -4.25. The monoisotopic (exact) mass is 420 g/mol. The minimum atomic E-state index is -0.835. The number of rotatable bonds is 3. The highest BCUT2D eigenvalue weighted by molar-refractivity contribution is 6.51. The Morgan fingerprint density at radius 3 is 2.34 bits per heavy atom. The SMILES string of the molecule is Cc1ccc(N2C(=O)C(=O)/C(=C(\O)c3cccc4ccccc34)C2c2ccccn2)cc1. The number of ketones is 1. The highest BCUT2D eigenvalue weighted by Crippen LogP contribution is 2.42. The number of amides is 1. The molecule has 1 amide bonds. The van der Waals surface area contributed by atoms with Crippen LogP contribution in [0.4, 0.5) is 5.69 Å². The number of hydrogen-bond donors (Lipinski definition) is 1. The summed E-state index contributed by atoms with van der Waals surface area (Å²) >= 11 is 0. The highest BCUT2D eigenvalue weighted by atomic mass is 16.3. The molecule has 2 heterocycles. The molecule has 0 saturated carbocycles. The van der Waals surface area contributed by atoms with Crippen molar-refractivity contribution in [2.24, 2.45) is 0 Å². The van der Waals surface area contributed by atoms with Gasteiger partial charge in [0.1, 0.15) is 11.8 Å². The minimum Gasteiger partial charge on any atom is -0.507 e. The van der Waals surface area contributed by atoms with Crippen LogP contribution in [0.5, 0.6) is 0 Å². The summed E-state index contributed by atoms with van der Waals surface area (Å²) in [5.41, 5.74) is 2.66. The first-order chi connectivity index (χ1) is 15.6. The molecule has 0 spiro atoms. The van der Waals surface area contributed by atoms with Gasteiger partial charge in [-0.2, -0.15) is 0 Å². The van der Waals surface area contributed by atoms with Crippen LogP contribution in [0.25, 0.3) is 16.5 Å². The van der Waals surface area contributed by atoms with Gasteiger partial charge in [0.25, 0.3) is 11.7 Å². The van der Waals surface area contributed by atoms with Gasteiger partial charge in [-0.15, -0.1) is 0 Å². The Morgan fingerprint density at radius 2 is 1.59 bits per heavy atom. The fourth-order valence-corrected chi connectivity index (χ4v) is 4.20. The highest BCUT2D eigenvalue weighted by Gasteiger charge is 2.47. The van der Waals surface area contributed by atoms with E-state index < -0.39 is 17.7 Å². The van der Waals surface area contributed by atoms with Gasteiger partial charge in [0, 0.05) is 17.4 Å². The first-order valence-corrected chi connectivity index (χ1v) is 10.3. The van der Waals surface area contributed by atoms with Crippen LogP contribution in [0, 0.1) is 6.92 Å². The Morgan fingerprint density at radius 1 is 0.875 bits per heavy atom. The molecule has 1 aromatic heterocycles. The number of pyridine rings is 1. The molecule has 3 aromatic carbocycles. The molecule has 1 N–H and O–H groups in total. The topological polar surface area (TPSA) is 70.5 Å². The second kappa shape index (κ2) is 7.78. The number of Topliss-reactive ketones (excluding diaryl/α,β-unsaturated/α-hetero) is 1. The van der Waals surface area contributed by atoms with Gasteiger partial charge in [-0.05, 0) is 42.0 Å². The van der Waals surface area contributed by atoms with Crippen molar-refractivity contribution in [2.75, 3.05) is 4.90 Å². The smallest absolute Gasteiger partial charge is 0.300 e. The Bertz CT molecular complexity index is 1370. The number of hydrogen-bond acceptors (Lipinski definition) is 4. The number of aryl methyl sites for hydroxylation is 1. The fraction of sp³-hybridized carbons (Fsp3) is 0.0741. The molecule has 1 unspecified atom stereocenters. The molecule has 5 rings (SSSR count). The van der Waals surface area contributed by atoms with Crippen LogP contribution in [-0.4, -0.2) is 21.8 Å². The van der Waals surface area contributed by atoms with E-state index in [1.54, 1.807) is 42.6 Å². The maximum absolute atomic E-state index is 13.3. The van der Waals surface area contributed by atoms with Gasteiger partial charge >= 0.3 is 0 Å². The first kappa shape index (κ1) is 19.7. The normalized spacial score (nSPS) is 17.8. The van der Waals surface area contributed by atoms with Gasteiger partial charge in [0.15, 0.2) is 0 Å². The molecule has 5 nitrogen and oxygen atoms in total. The maximum atomic E-state index is 13.3. The third kappa shape index (κ3) is 3.15. The largest absolute Gasteiger partial charge is 0.507 e. The van der Waals surface area contributed by atoms with Crippen molar-refractivity contribution in [3.8, 4) is 0 Å². The predicted octanol–water partition coefficient (Wildman–Crippen LogP) is 5.17. The number of aromatic nitrogens is 1. The summed E-state index contributed by atoms with van der Waals surface area (Å²) in [5, 5.41) is 13.1. The van der Waals surface area contributed by atoms with Crippen molar-refractivity contribution in [2.45, 2.75) is 13.0 Å². The Kier molecular flexibility index (Phi) is 4.79. The zero-order chi connectivity index (χ0) is 22.2. The molecule has 1 fully saturated rings. The predicted molar refractivity (Wildman–Crippen MR) is 124 cm³/mol. The number of aliphatic hydroxyl groups is 1. The molecule has 4 aromatic rings. The maximum Gasteiger partial charge on any atom is 0.300 e. The lowest BCUT2D eigenvalue weighted by atomic mass is 9.95. The van der Waals surface area contributed by atoms with Crippen molar-refractivity contribution >= 4 is 33.9 Å².